The minimum absolute atomic E-state index is 0.908. The topological polar surface area (TPSA) is 9.23 Å². The molecule has 0 saturated heterocycles. The standard InChI is InChI=1S/C22H38OSi2/c1-24(2,11-9-21-15-17-5-7-19(21)13-17)23-25(3,4)12-10-22-16-18-6-8-20(22)14-18/h5-8,17-22H,9-16H2,1-4H3/t17-,18-,19-,20-,21-,22-/m0/s1. The summed E-state index contributed by atoms with van der Waals surface area (Å²) in [5.41, 5.74) is 0. The van der Waals surface area contributed by atoms with Gasteiger partial charge in [0.2, 0.25) is 0 Å². The molecule has 0 aromatic rings. The molecule has 0 N–H and O–H groups in total. The molecule has 4 bridgehead atoms. The predicted octanol–water partition coefficient (Wildman–Crippen LogP) is 6.62. The molecule has 0 unspecified atom stereocenters. The van der Waals surface area contributed by atoms with Gasteiger partial charge in [0.15, 0.2) is 16.6 Å². The van der Waals surface area contributed by atoms with Gasteiger partial charge in [0.25, 0.3) is 0 Å². The molecule has 0 radical (unpaired) electrons. The summed E-state index contributed by atoms with van der Waals surface area (Å²) in [5, 5.41) is 0. The molecule has 4 aliphatic rings. The van der Waals surface area contributed by atoms with Gasteiger partial charge in [-0.2, -0.15) is 0 Å². The van der Waals surface area contributed by atoms with Crippen molar-refractivity contribution in [1.82, 2.24) is 0 Å². The summed E-state index contributed by atoms with van der Waals surface area (Å²) in [7, 11) is -3.01. The summed E-state index contributed by atoms with van der Waals surface area (Å²) in [6.45, 7) is 9.96. The van der Waals surface area contributed by atoms with E-state index < -0.39 is 16.6 Å². The van der Waals surface area contributed by atoms with Crippen LogP contribution in [0, 0.1) is 35.5 Å². The summed E-state index contributed by atoms with van der Waals surface area (Å²) in [6, 6.07) is 2.75. The van der Waals surface area contributed by atoms with Crippen LogP contribution in [0.15, 0.2) is 24.3 Å². The molecule has 3 heteroatoms. The van der Waals surface area contributed by atoms with Gasteiger partial charge in [0.1, 0.15) is 0 Å². The number of hydrogen-bond donors (Lipinski definition) is 0. The molecule has 2 saturated carbocycles. The maximum atomic E-state index is 6.95. The van der Waals surface area contributed by atoms with Crippen LogP contribution in [0.2, 0.25) is 38.3 Å². The lowest BCUT2D eigenvalue weighted by Crippen LogP contribution is -2.44. The van der Waals surface area contributed by atoms with E-state index in [2.05, 4.69) is 50.5 Å². The van der Waals surface area contributed by atoms with Crippen LogP contribution in [0.1, 0.15) is 38.5 Å². The second-order valence-corrected chi connectivity index (χ2v) is 19.6. The zero-order valence-corrected chi connectivity index (χ0v) is 18.8. The quantitative estimate of drug-likeness (QED) is 0.343. The monoisotopic (exact) mass is 374 g/mol. The van der Waals surface area contributed by atoms with Crippen molar-refractivity contribution in [3.05, 3.63) is 24.3 Å². The highest BCUT2D eigenvalue weighted by atomic mass is 28.4. The van der Waals surface area contributed by atoms with Crippen LogP contribution in [0.25, 0.3) is 0 Å². The molecular weight excluding hydrogens is 336 g/mol. The van der Waals surface area contributed by atoms with Gasteiger partial charge in [-0.25, -0.2) is 0 Å². The Morgan fingerprint density at radius 3 is 1.44 bits per heavy atom. The third-order valence-corrected chi connectivity index (χ3v) is 15.0. The Labute approximate surface area is 157 Å². The van der Waals surface area contributed by atoms with Crippen LogP contribution in [-0.4, -0.2) is 16.6 Å². The van der Waals surface area contributed by atoms with E-state index in [-0.39, 0.29) is 0 Å². The molecule has 6 atom stereocenters. The molecule has 0 spiro atoms. The van der Waals surface area contributed by atoms with Crippen LogP contribution in [0.4, 0.5) is 0 Å². The maximum Gasteiger partial charge on any atom is 0.173 e. The highest BCUT2D eigenvalue weighted by Gasteiger charge is 2.40. The fraction of sp³-hybridized carbons (Fsp3) is 0.818. The molecule has 25 heavy (non-hydrogen) atoms. The van der Waals surface area contributed by atoms with Crippen molar-refractivity contribution in [3.63, 3.8) is 0 Å². The van der Waals surface area contributed by atoms with E-state index >= 15 is 0 Å². The van der Waals surface area contributed by atoms with Crippen molar-refractivity contribution >= 4 is 16.6 Å². The van der Waals surface area contributed by atoms with E-state index in [1.807, 2.05) is 0 Å². The molecule has 2 fully saturated rings. The first-order valence-corrected chi connectivity index (χ1v) is 17.1. The Hall–Kier alpha value is -0.126. The lowest BCUT2D eigenvalue weighted by molar-refractivity contribution is 0.412. The Morgan fingerprint density at radius 2 is 1.12 bits per heavy atom. The normalized spacial score (nSPS) is 39.0. The minimum Gasteiger partial charge on any atom is -0.455 e. The third-order valence-electron chi connectivity index (χ3n) is 7.62. The number of hydrogen-bond acceptors (Lipinski definition) is 1. The number of allylic oxidation sites excluding steroid dienone is 4. The van der Waals surface area contributed by atoms with Gasteiger partial charge in [-0.15, -0.1) is 0 Å². The molecule has 4 aliphatic carbocycles. The first kappa shape index (κ1) is 18.2. The van der Waals surface area contributed by atoms with E-state index in [4.69, 9.17) is 4.12 Å². The lowest BCUT2D eigenvalue weighted by Gasteiger charge is -2.36. The largest absolute Gasteiger partial charge is 0.455 e. The van der Waals surface area contributed by atoms with Crippen LogP contribution in [-0.2, 0) is 4.12 Å². The van der Waals surface area contributed by atoms with Gasteiger partial charge in [-0.3, -0.25) is 0 Å². The van der Waals surface area contributed by atoms with Crippen molar-refractivity contribution in [1.29, 1.82) is 0 Å². The zero-order chi connectivity index (χ0) is 17.7. The van der Waals surface area contributed by atoms with Crippen LogP contribution >= 0.6 is 0 Å². The van der Waals surface area contributed by atoms with Gasteiger partial charge in [-0.05, 0) is 99.5 Å². The van der Waals surface area contributed by atoms with Crippen LogP contribution in [0.5, 0.6) is 0 Å². The van der Waals surface area contributed by atoms with Gasteiger partial charge < -0.3 is 4.12 Å². The van der Waals surface area contributed by atoms with Gasteiger partial charge in [-0.1, -0.05) is 37.1 Å². The average molecular weight is 375 g/mol. The Bertz CT molecular complexity index is 502. The molecule has 0 amide bonds. The minimum atomic E-state index is -1.50. The second kappa shape index (κ2) is 6.80. The SMILES string of the molecule is C[Si](C)(CC[C@H]1C[C@H]2C=C[C@H]1C2)O[Si](C)(C)CC[C@H]1C[C@H]2C=C[C@H]1C2. The summed E-state index contributed by atoms with van der Waals surface area (Å²) in [5.74, 6) is 5.59. The van der Waals surface area contributed by atoms with Gasteiger partial charge >= 0.3 is 0 Å². The van der Waals surface area contributed by atoms with E-state index in [1.54, 1.807) is 0 Å². The molecule has 0 heterocycles. The Kier molecular flexibility index (Phi) is 4.96. The average Bonchev–Trinajstić information content (AvgIpc) is 3.30. The van der Waals surface area contributed by atoms with Crippen LogP contribution in [0.3, 0.4) is 0 Å². The highest BCUT2D eigenvalue weighted by Crippen LogP contribution is 2.47. The molecule has 0 aliphatic heterocycles. The predicted molar refractivity (Wildman–Crippen MR) is 113 cm³/mol. The summed E-state index contributed by atoms with van der Waals surface area (Å²) < 4.78 is 6.95. The molecule has 0 aromatic heterocycles. The van der Waals surface area contributed by atoms with Crippen molar-refractivity contribution in [2.45, 2.75) is 76.8 Å². The number of fused-ring (bicyclic) bond motifs is 4. The molecule has 1 nitrogen and oxygen atoms in total. The smallest absolute Gasteiger partial charge is 0.173 e. The van der Waals surface area contributed by atoms with E-state index in [9.17, 15) is 0 Å². The Morgan fingerprint density at radius 1 is 0.680 bits per heavy atom. The third kappa shape index (κ3) is 4.24. The first-order chi connectivity index (χ1) is 11.8. The van der Waals surface area contributed by atoms with E-state index in [1.165, 1.54) is 50.6 Å². The fourth-order valence-corrected chi connectivity index (χ4v) is 15.3. The number of rotatable bonds is 8. The Balaban J connectivity index is 1.23. The van der Waals surface area contributed by atoms with Crippen molar-refractivity contribution < 1.29 is 4.12 Å². The summed E-state index contributed by atoms with van der Waals surface area (Å²) in [4.78, 5) is 0. The fourth-order valence-electron chi connectivity index (χ4n) is 6.37. The molecule has 0 aromatic carbocycles. The first-order valence-electron chi connectivity index (χ1n) is 10.9. The van der Waals surface area contributed by atoms with Gasteiger partial charge in [0, 0.05) is 0 Å². The van der Waals surface area contributed by atoms with Crippen molar-refractivity contribution in [2.75, 3.05) is 0 Å². The summed E-state index contributed by atoms with van der Waals surface area (Å²) >= 11 is 0. The van der Waals surface area contributed by atoms with Crippen molar-refractivity contribution in [2.24, 2.45) is 35.5 Å². The van der Waals surface area contributed by atoms with Gasteiger partial charge in [0.05, 0.1) is 0 Å². The summed E-state index contributed by atoms with van der Waals surface area (Å²) in [6.07, 6.45) is 18.6. The molecule has 140 valence electrons. The highest BCUT2D eigenvalue weighted by molar-refractivity contribution is 6.84. The van der Waals surface area contributed by atoms with Crippen LogP contribution < -0.4 is 0 Å². The molecule has 4 rings (SSSR count). The van der Waals surface area contributed by atoms with Crippen molar-refractivity contribution in [3.8, 4) is 0 Å². The molecular formula is C22H38OSi2. The van der Waals surface area contributed by atoms with E-state index in [0.717, 1.165) is 35.5 Å². The zero-order valence-electron chi connectivity index (χ0n) is 16.8. The second-order valence-electron chi connectivity index (χ2n) is 10.8. The van der Waals surface area contributed by atoms with E-state index in [0.29, 0.717) is 0 Å². The maximum absolute atomic E-state index is 6.95. The lowest BCUT2D eigenvalue weighted by atomic mass is 9.91.